The Kier molecular flexibility index (Phi) is 4.25. The molecule has 1 aromatic rings. The number of sulfonamides is 1. The molecule has 2 atom stereocenters. The Morgan fingerprint density at radius 1 is 1.32 bits per heavy atom. The molecule has 6 heteroatoms. The van der Waals surface area contributed by atoms with Gasteiger partial charge in [0.15, 0.2) is 0 Å². The summed E-state index contributed by atoms with van der Waals surface area (Å²) < 4.78 is 32.1. The van der Waals surface area contributed by atoms with E-state index >= 15 is 0 Å². The maximum absolute atomic E-state index is 12.5. The van der Waals surface area contributed by atoms with Gasteiger partial charge in [0.05, 0.1) is 23.7 Å². The number of hydrogen-bond acceptors (Lipinski definition) is 4. The zero-order chi connectivity index (χ0) is 14.0. The van der Waals surface area contributed by atoms with Gasteiger partial charge in [-0.2, -0.15) is 4.31 Å². The molecule has 1 saturated heterocycles. The summed E-state index contributed by atoms with van der Waals surface area (Å²) in [6.07, 6.45) is -0.223. The van der Waals surface area contributed by atoms with Gasteiger partial charge in [-0.15, -0.1) is 0 Å². The molecule has 106 valence electrons. The number of ether oxygens (including phenoxy) is 1. The van der Waals surface area contributed by atoms with Crippen molar-refractivity contribution < 1.29 is 18.3 Å². The van der Waals surface area contributed by atoms with Crippen molar-refractivity contribution in [3.05, 3.63) is 29.8 Å². The number of hydrogen-bond donors (Lipinski definition) is 1. The molecular formula is C13H19NO4S. The third kappa shape index (κ3) is 3.14. The van der Waals surface area contributed by atoms with Gasteiger partial charge in [-0.1, -0.05) is 12.1 Å². The molecule has 0 unspecified atom stereocenters. The van der Waals surface area contributed by atoms with Gasteiger partial charge in [0.2, 0.25) is 10.0 Å². The molecule has 0 bridgehead atoms. The SMILES string of the molecule is C[C@@H]1CN(S(=O)(=O)c2cccc(CO)c2)C[C@H](C)O1. The highest BCUT2D eigenvalue weighted by Gasteiger charge is 2.32. The molecule has 0 aromatic heterocycles. The van der Waals surface area contributed by atoms with Crippen LogP contribution in [0.5, 0.6) is 0 Å². The fraction of sp³-hybridized carbons (Fsp3) is 0.538. The van der Waals surface area contributed by atoms with Crippen LogP contribution >= 0.6 is 0 Å². The summed E-state index contributed by atoms with van der Waals surface area (Å²) in [5.41, 5.74) is 0.593. The summed E-state index contributed by atoms with van der Waals surface area (Å²) in [6.45, 7) is 4.27. The molecule has 19 heavy (non-hydrogen) atoms. The van der Waals surface area contributed by atoms with Crippen LogP contribution in [0.3, 0.4) is 0 Å². The van der Waals surface area contributed by atoms with Crippen LogP contribution in [0.2, 0.25) is 0 Å². The topological polar surface area (TPSA) is 66.8 Å². The van der Waals surface area contributed by atoms with Crippen LogP contribution in [-0.2, 0) is 21.4 Å². The largest absolute Gasteiger partial charge is 0.392 e. The van der Waals surface area contributed by atoms with Crippen LogP contribution in [-0.4, -0.2) is 43.1 Å². The Labute approximate surface area is 113 Å². The first-order valence-corrected chi connectivity index (χ1v) is 7.73. The minimum atomic E-state index is -3.52. The average molecular weight is 285 g/mol. The van der Waals surface area contributed by atoms with Crippen molar-refractivity contribution in [3.8, 4) is 0 Å². The number of nitrogens with zero attached hydrogens (tertiary/aromatic N) is 1. The van der Waals surface area contributed by atoms with Crippen LogP contribution in [0.25, 0.3) is 0 Å². The van der Waals surface area contributed by atoms with Crippen molar-refractivity contribution in [2.75, 3.05) is 13.1 Å². The maximum atomic E-state index is 12.5. The van der Waals surface area contributed by atoms with Crippen LogP contribution in [0.1, 0.15) is 19.4 Å². The fourth-order valence-corrected chi connectivity index (χ4v) is 3.94. The van der Waals surface area contributed by atoms with Crippen molar-refractivity contribution in [1.82, 2.24) is 4.31 Å². The van der Waals surface area contributed by atoms with E-state index in [0.717, 1.165) is 0 Å². The van der Waals surface area contributed by atoms with Crippen LogP contribution in [0.4, 0.5) is 0 Å². The predicted molar refractivity (Wildman–Crippen MR) is 71.1 cm³/mol. The van der Waals surface area contributed by atoms with E-state index in [-0.39, 0.29) is 23.7 Å². The number of aliphatic hydroxyl groups excluding tert-OH is 1. The summed E-state index contributed by atoms with van der Waals surface area (Å²) >= 11 is 0. The molecular weight excluding hydrogens is 266 g/mol. The number of morpholine rings is 1. The third-order valence-corrected chi connectivity index (χ3v) is 4.93. The molecule has 1 heterocycles. The van der Waals surface area contributed by atoms with Gasteiger partial charge in [-0.3, -0.25) is 0 Å². The Hall–Kier alpha value is -0.950. The quantitative estimate of drug-likeness (QED) is 0.899. The van der Waals surface area contributed by atoms with E-state index < -0.39 is 10.0 Å². The van der Waals surface area contributed by atoms with Crippen LogP contribution in [0.15, 0.2) is 29.2 Å². The van der Waals surface area contributed by atoms with Gasteiger partial charge in [0, 0.05) is 13.1 Å². The van der Waals surface area contributed by atoms with Gasteiger partial charge < -0.3 is 9.84 Å². The predicted octanol–water partition coefficient (Wildman–Crippen LogP) is 0.977. The summed E-state index contributed by atoms with van der Waals surface area (Å²) in [4.78, 5) is 0.223. The zero-order valence-electron chi connectivity index (χ0n) is 11.1. The molecule has 0 radical (unpaired) electrons. The Balaban J connectivity index is 2.30. The molecule has 5 nitrogen and oxygen atoms in total. The monoisotopic (exact) mass is 285 g/mol. The summed E-state index contributed by atoms with van der Waals surface area (Å²) in [6, 6.07) is 6.41. The van der Waals surface area contributed by atoms with E-state index in [1.54, 1.807) is 18.2 Å². The van der Waals surface area contributed by atoms with Crippen molar-refractivity contribution >= 4 is 10.0 Å². The lowest BCUT2D eigenvalue weighted by molar-refractivity contribution is -0.0440. The minimum absolute atomic E-state index is 0.112. The lowest BCUT2D eigenvalue weighted by Crippen LogP contribution is -2.48. The van der Waals surface area contributed by atoms with Crippen molar-refractivity contribution in [2.24, 2.45) is 0 Å². The maximum Gasteiger partial charge on any atom is 0.243 e. The Morgan fingerprint density at radius 3 is 2.53 bits per heavy atom. The summed E-state index contributed by atoms with van der Waals surface area (Å²) in [5.74, 6) is 0. The minimum Gasteiger partial charge on any atom is -0.392 e. The zero-order valence-corrected chi connectivity index (χ0v) is 11.9. The van der Waals surface area contributed by atoms with E-state index in [0.29, 0.717) is 18.7 Å². The fourth-order valence-electron chi connectivity index (χ4n) is 2.28. The first-order chi connectivity index (χ1) is 8.93. The van der Waals surface area contributed by atoms with E-state index in [1.165, 1.54) is 10.4 Å². The van der Waals surface area contributed by atoms with Crippen LogP contribution < -0.4 is 0 Å². The van der Waals surface area contributed by atoms with Crippen molar-refractivity contribution in [1.29, 1.82) is 0 Å². The third-order valence-electron chi connectivity index (χ3n) is 3.10. The number of benzene rings is 1. The molecule has 0 saturated carbocycles. The first kappa shape index (κ1) is 14.5. The summed E-state index contributed by atoms with van der Waals surface area (Å²) in [7, 11) is -3.52. The molecule has 0 aliphatic carbocycles. The molecule has 1 N–H and O–H groups in total. The molecule has 1 aliphatic rings. The highest BCUT2D eigenvalue weighted by Crippen LogP contribution is 2.21. The van der Waals surface area contributed by atoms with Gasteiger partial charge in [-0.25, -0.2) is 8.42 Å². The highest BCUT2D eigenvalue weighted by atomic mass is 32.2. The normalized spacial score (nSPS) is 25.4. The Bertz CT molecular complexity index is 533. The second kappa shape index (κ2) is 5.58. The van der Waals surface area contributed by atoms with E-state index in [4.69, 9.17) is 9.84 Å². The van der Waals surface area contributed by atoms with Gasteiger partial charge in [0.1, 0.15) is 0 Å². The standard InChI is InChI=1S/C13H19NO4S/c1-10-7-14(8-11(2)18-10)19(16,17)13-5-3-4-12(6-13)9-15/h3-6,10-11,15H,7-9H2,1-2H3/t10-,11+. The molecule has 2 rings (SSSR count). The Morgan fingerprint density at radius 2 is 1.95 bits per heavy atom. The second-order valence-corrected chi connectivity index (χ2v) is 6.82. The van der Waals surface area contributed by atoms with Crippen molar-refractivity contribution in [3.63, 3.8) is 0 Å². The summed E-state index contributed by atoms with van der Waals surface area (Å²) in [5, 5.41) is 9.09. The average Bonchev–Trinajstić information content (AvgIpc) is 2.37. The van der Waals surface area contributed by atoms with Gasteiger partial charge in [-0.05, 0) is 31.5 Å². The van der Waals surface area contributed by atoms with Crippen LogP contribution in [0, 0.1) is 0 Å². The lowest BCUT2D eigenvalue weighted by atomic mass is 10.2. The number of aliphatic hydroxyl groups is 1. The van der Waals surface area contributed by atoms with Gasteiger partial charge in [0.25, 0.3) is 0 Å². The molecule has 1 aromatic carbocycles. The smallest absolute Gasteiger partial charge is 0.243 e. The second-order valence-electron chi connectivity index (χ2n) is 4.88. The molecule has 1 aliphatic heterocycles. The molecule has 0 spiro atoms. The van der Waals surface area contributed by atoms with E-state index in [9.17, 15) is 8.42 Å². The van der Waals surface area contributed by atoms with Gasteiger partial charge >= 0.3 is 0 Å². The first-order valence-electron chi connectivity index (χ1n) is 6.29. The van der Waals surface area contributed by atoms with E-state index in [1.807, 2.05) is 13.8 Å². The van der Waals surface area contributed by atoms with Crippen molar-refractivity contribution in [2.45, 2.75) is 37.6 Å². The highest BCUT2D eigenvalue weighted by molar-refractivity contribution is 7.89. The number of rotatable bonds is 3. The van der Waals surface area contributed by atoms with E-state index in [2.05, 4.69) is 0 Å². The molecule has 0 amide bonds. The lowest BCUT2D eigenvalue weighted by Gasteiger charge is -2.34. The molecule has 1 fully saturated rings.